The topological polar surface area (TPSA) is 90.6 Å². The molecular formula is C21H29N5O4. The summed E-state index contributed by atoms with van der Waals surface area (Å²) in [7, 11) is 1.63. The van der Waals surface area contributed by atoms with Crippen molar-refractivity contribution in [3.05, 3.63) is 46.1 Å². The predicted octanol–water partition coefficient (Wildman–Crippen LogP) is 0.255. The van der Waals surface area contributed by atoms with Crippen LogP contribution in [0.1, 0.15) is 24.2 Å². The van der Waals surface area contributed by atoms with E-state index in [2.05, 4.69) is 15.3 Å². The Balaban J connectivity index is 1.35. The molecule has 3 heterocycles. The molecule has 0 aliphatic carbocycles. The molecule has 1 unspecified atom stereocenters. The van der Waals surface area contributed by atoms with Crippen molar-refractivity contribution in [2.75, 3.05) is 40.0 Å². The zero-order valence-corrected chi connectivity index (χ0v) is 17.4. The molecule has 1 amide bonds. The average Bonchev–Trinajstić information content (AvgIpc) is 2.92. The lowest BCUT2D eigenvalue weighted by atomic mass is 10.1. The van der Waals surface area contributed by atoms with E-state index in [1.807, 2.05) is 24.3 Å². The van der Waals surface area contributed by atoms with Gasteiger partial charge in [-0.3, -0.25) is 14.3 Å². The molecule has 0 bridgehead atoms. The highest BCUT2D eigenvalue weighted by atomic mass is 16.5. The van der Waals surface area contributed by atoms with Crippen molar-refractivity contribution in [1.82, 2.24) is 24.6 Å². The summed E-state index contributed by atoms with van der Waals surface area (Å²) >= 11 is 0. The number of aromatic nitrogens is 3. The van der Waals surface area contributed by atoms with E-state index in [1.165, 1.54) is 4.68 Å². The number of morpholine rings is 1. The number of carbonyl (C=O) groups is 1. The van der Waals surface area contributed by atoms with Crippen LogP contribution in [0.4, 0.5) is 0 Å². The molecule has 0 saturated carbocycles. The second kappa shape index (κ2) is 9.44. The summed E-state index contributed by atoms with van der Waals surface area (Å²) in [5, 5.41) is 7.69. The highest BCUT2D eigenvalue weighted by Crippen LogP contribution is 2.15. The quantitative estimate of drug-likeness (QED) is 0.728. The maximum Gasteiger partial charge on any atom is 0.346 e. The molecule has 1 aromatic carbocycles. The third-order valence-electron chi connectivity index (χ3n) is 5.72. The highest BCUT2D eigenvalue weighted by molar-refractivity contribution is 5.78. The summed E-state index contributed by atoms with van der Waals surface area (Å²) in [6.45, 7) is 4.32. The first kappa shape index (κ1) is 20.6. The maximum atomic E-state index is 12.8. The van der Waals surface area contributed by atoms with E-state index in [4.69, 9.17) is 9.47 Å². The number of fused-ring (bicyclic) bond motifs is 1. The van der Waals surface area contributed by atoms with Crippen LogP contribution in [-0.4, -0.2) is 71.2 Å². The van der Waals surface area contributed by atoms with Gasteiger partial charge in [-0.25, -0.2) is 9.48 Å². The van der Waals surface area contributed by atoms with Crippen LogP contribution < -0.4 is 15.7 Å². The summed E-state index contributed by atoms with van der Waals surface area (Å²) in [5.74, 6) is 1.58. The van der Waals surface area contributed by atoms with Crippen LogP contribution in [0.5, 0.6) is 5.75 Å². The van der Waals surface area contributed by atoms with Crippen molar-refractivity contribution in [2.45, 2.75) is 38.4 Å². The molecule has 1 fully saturated rings. The molecule has 4 rings (SSSR count). The van der Waals surface area contributed by atoms with E-state index in [1.54, 1.807) is 11.7 Å². The molecule has 162 valence electrons. The van der Waals surface area contributed by atoms with Crippen molar-refractivity contribution in [3.8, 4) is 5.75 Å². The Labute approximate surface area is 175 Å². The number of ether oxygens (including phenoxy) is 2. The van der Waals surface area contributed by atoms with Crippen molar-refractivity contribution < 1.29 is 14.3 Å². The first-order valence-corrected chi connectivity index (χ1v) is 10.5. The SMILES string of the molecule is COc1cccc(Cn2nc3n(c2=O)CCC(NC(=O)CN2CCOCC2)CC3)c1. The molecule has 0 spiro atoms. The molecule has 2 aliphatic heterocycles. The van der Waals surface area contributed by atoms with Crippen LogP contribution in [0.3, 0.4) is 0 Å². The fraction of sp³-hybridized carbons (Fsp3) is 0.571. The molecule has 2 aromatic rings. The van der Waals surface area contributed by atoms with Gasteiger partial charge in [-0.15, -0.1) is 0 Å². The Bertz CT molecular complexity index is 932. The van der Waals surface area contributed by atoms with Crippen LogP contribution in [0.25, 0.3) is 0 Å². The molecular weight excluding hydrogens is 386 g/mol. The smallest absolute Gasteiger partial charge is 0.346 e. The number of hydrogen-bond donors (Lipinski definition) is 1. The standard InChI is InChI=1S/C21H29N5O4/c1-29-18-4-2-3-16(13-18)14-26-21(28)25-8-7-17(5-6-19(25)23-26)22-20(27)15-24-9-11-30-12-10-24/h2-4,13,17H,5-12,14-15H2,1H3,(H,22,27). The fourth-order valence-electron chi connectivity index (χ4n) is 4.05. The maximum absolute atomic E-state index is 12.8. The minimum absolute atomic E-state index is 0.0388. The zero-order chi connectivity index (χ0) is 20.9. The molecule has 1 saturated heterocycles. The van der Waals surface area contributed by atoms with Crippen molar-refractivity contribution in [1.29, 1.82) is 0 Å². The Kier molecular flexibility index (Phi) is 6.49. The number of rotatable bonds is 6. The van der Waals surface area contributed by atoms with E-state index >= 15 is 0 Å². The Hall–Kier alpha value is -2.65. The Morgan fingerprint density at radius 1 is 1.27 bits per heavy atom. The zero-order valence-electron chi connectivity index (χ0n) is 17.4. The number of nitrogens with zero attached hydrogens (tertiary/aromatic N) is 4. The number of benzene rings is 1. The molecule has 9 nitrogen and oxygen atoms in total. The van der Waals surface area contributed by atoms with Gasteiger partial charge in [0.05, 0.1) is 33.4 Å². The van der Waals surface area contributed by atoms with Gasteiger partial charge in [-0.2, -0.15) is 5.10 Å². The first-order valence-electron chi connectivity index (χ1n) is 10.5. The van der Waals surface area contributed by atoms with Crippen molar-refractivity contribution >= 4 is 5.91 Å². The van der Waals surface area contributed by atoms with Gasteiger partial charge in [0.25, 0.3) is 0 Å². The number of carbonyl (C=O) groups excluding carboxylic acids is 1. The normalized spacial score (nSPS) is 19.7. The number of amides is 1. The third-order valence-corrected chi connectivity index (χ3v) is 5.72. The molecule has 1 atom stereocenters. The fourth-order valence-corrected chi connectivity index (χ4v) is 4.05. The van der Waals surface area contributed by atoms with Crippen LogP contribution in [0, 0.1) is 0 Å². The van der Waals surface area contributed by atoms with E-state index in [9.17, 15) is 9.59 Å². The second-order valence-corrected chi connectivity index (χ2v) is 7.84. The van der Waals surface area contributed by atoms with Gasteiger partial charge in [0.2, 0.25) is 5.91 Å². The highest BCUT2D eigenvalue weighted by Gasteiger charge is 2.23. The van der Waals surface area contributed by atoms with Gasteiger partial charge in [0, 0.05) is 32.1 Å². The lowest BCUT2D eigenvalue weighted by molar-refractivity contribution is -0.124. The van der Waals surface area contributed by atoms with E-state index in [-0.39, 0.29) is 17.6 Å². The largest absolute Gasteiger partial charge is 0.497 e. The van der Waals surface area contributed by atoms with Crippen LogP contribution in [-0.2, 0) is 29.0 Å². The summed E-state index contributed by atoms with van der Waals surface area (Å²) in [5.41, 5.74) is 0.867. The molecule has 9 heteroatoms. The van der Waals surface area contributed by atoms with Crippen LogP contribution in [0.2, 0.25) is 0 Å². The number of aryl methyl sites for hydroxylation is 1. The lowest BCUT2D eigenvalue weighted by Crippen LogP contribution is -2.46. The predicted molar refractivity (Wildman–Crippen MR) is 111 cm³/mol. The number of hydrogen-bond acceptors (Lipinski definition) is 6. The van der Waals surface area contributed by atoms with Gasteiger partial charge in [0.1, 0.15) is 11.6 Å². The minimum atomic E-state index is -0.104. The summed E-state index contributed by atoms with van der Waals surface area (Å²) < 4.78 is 13.8. The molecule has 2 aliphatic rings. The summed E-state index contributed by atoms with van der Waals surface area (Å²) in [6.07, 6.45) is 2.18. The molecule has 30 heavy (non-hydrogen) atoms. The van der Waals surface area contributed by atoms with E-state index < -0.39 is 0 Å². The van der Waals surface area contributed by atoms with Gasteiger partial charge in [-0.1, -0.05) is 12.1 Å². The Morgan fingerprint density at radius 2 is 2.10 bits per heavy atom. The monoisotopic (exact) mass is 415 g/mol. The van der Waals surface area contributed by atoms with Crippen LogP contribution in [0.15, 0.2) is 29.1 Å². The van der Waals surface area contributed by atoms with Crippen molar-refractivity contribution in [2.24, 2.45) is 0 Å². The second-order valence-electron chi connectivity index (χ2n) is 7.84. The first-order chi connectivity index (χ1) is 14.6. The van der Waals surface area contributed by atoms with Gasteiger partial charge < -0.3 is 14.8 Å². The lowest BCUT2D eigenvalue weighted by Gasteiger charge is -2.26. The molecule has 1 aromatic heterocycles. The minimum Gasteiger partial charge on any atom is -0.497 e. The number of nitrogens with one attached hydrogen (secondary N) is 1. The molecule has 0 radical (unpaired) electrons. The summed E-state index contributed by atoms with van der Waals surface area (Å²) in [6, 6.07) is 7.72. The van der Waals surface area contributed by atoms with Gasteiger partial charge >= 0.3 is 5.69 Å². The number of methoxy groups -OCH3 is 1. The Morgan fingerprint density at radius 3 is 2.90 bits per heavy atom. The average molecular weight is 415 g/mol. The third kappa shape index (κ3) is 4.91. The van der Waals surface area contributed by atoms with Crippen LogP contribution >= 0.6 is 0 Å². The van der Waals surface area contributed by atoms with Crippen molar-refractivity contribution in [3.63, 3.8) is 0 Å². The van der Waals surface area contributed by atoms with Gasteiger partial charge in [-0.05, 0) is 30.5 Å². The summed E-state index contributed by atoms with van der Waals surface area (Å²) in [4.78, 5) is 27.3. The van der Waals surface area contributed by atoms with E-state index in [0.29, 0.717) is 39.3 Å². The van der Waals surface area contributed by atoms with Gasteiger partial charge in [0.15, 0.2) is 0 Å². The molecule has 1 N–H and O–H groups in total. The van der Waals surface area contributed by atoms with E-state index in [0.717, 1.165) is 43.1 Å².